The molecule has 2 aromatic rings. The van der Waals surface area contributed by atoms with Gasteiger partial charge in [-0.1, -0.05) is 6.92 Å². The Morgan fingerprint density at radius 1 is 1.47 bits per heavy atom. The Labute approximate surface area is 112 Å². The number of nitrogens with zero attached hydrogens (tertiary/aromatic N) is 3. The van der Waals surface area contributed by atoms with Crippen molar-refractivity contribution in [2.24, 2.45) is 0 Å². The van der Waals surface area contributed by atoms with E-state index in [9.17, 15) is 9.90 Å². The molecular weight excluding hydrogens is 242 g/mol. The number of imidazole rings is 1. The predicted molar refractivity (Wildman–Crippen MR) is 73.2 cm³/mol. The lowest BCUT2D eigenvalue weighted by atomic mass is 10.1. The number of rotatable bonds is 4. The maximum absolute atomic E-state index is 11.5. The molecule has 5 heteroatoms. The van der Waals surface area contributed by atoms with Crippen LogP contribution in [0.15, 0.2) is 12.3 Å². The fourth-order valence-electron chi connectivity index (χ4n) is 2.19. The van der Waals surface area contributed by atoms with Gasteiger partial charge < -0.3 is 5.11 Å². The molecule has 2 heterocycles. The zero-order valence-electron chi connectivity index (χ0n) is 11.8. The molecular formula is C14H19N3O2. The summed E-state index contributed by atoms with van der Waals surface area (Å²) in [7, 11) is 0. The molecule has 0 aromatic carbocycles. The minimum absolute atomic E-state index is 0.640. The Balaban J connectivity index is 2.75. The third-order valence-corrected chi connectivity index (χ3v) is 3.26. The van der Waals surface area contributed by atoms with Gasteiger partial charge in [-0.15, -0.1) is 0 Å². The van der Waals surface area contributed by atoms with Gasteiger partial charge in [0.15, 0.2) is 5.65 Å². The normalized spacial score (nSPS) is 12.0. The highest BCUT2D eigenvalue weighted by atomic mass is 16.4. The van der Waals surface area contributed by atoms with Gasteiger partial charge in [0.25, 0.3) is 0 Å². The lowest BCUT2D eigenvalue weighted by Gasteiger charge is -2.24. The van der Waals surface area contributed by atoms with Gasteiger partial charge in [0.1, 0.15) is 16.9 Å². The quantitative estimate of drug-likeness (QED) is 0.918. The average molecular weight is 261 g/mol. The second-order valence-electron chi connectivity index (χ2n) is 5.33. The molecule has 0 amide bonds. The van der Waals surface area contributed by atoms with Gasteiger partial charge in [0, 0.05) is 12.6 Å². The Bertz CT molecular complexity index is 629. The van der Waals surface area contributed by atoms with Crippen molar-refractivity contribution in [3.63, 3.8) is 0 Å². The van der Waals surface area contributed by atoms with Crippen LogP contribution in [0.5, 0.6) is 0 Å². The molecule has 1 N–H and O–H groups in total. The van der Waals surface area contributed by atoms with E-state index in [-0.39, 0.29) is 0 Å². The summed E-state index contributed by atoms with van der Waals surface area (Å²) in [5, 5.41) is 9.44. The van der Waals surface area contributed by atoms with Crippen LogP contribution in [-0.4, -0.2) is 25.6 Å². The van der Waals surface area contributed by atoms with Crippen molar-refractivity contribution < 1.29 is 9.90 Å². The standard InChI is InChI=1S/C14H19N3O2/c1-5-6-11-16-10-7-9(2)8-15-12(10)17(11)14(3,4)13(18)19/h7-8H,5-6H2,1-4H3,(H,18,19). The van der Waals surface area contributed by atoms with Gasteiger partial charge in [-0.2, -0.15) is 0 Å². The molecule has 0 fully saturated rings. The van der Waals surface area contributed by atoms with E-state index in [0.29, 0.717) is 5.65 Å². The molecule has 0 spiro atoms. The molecule has 0 bridgehead atoms. The number of hydrogen-bond acceptors (Lipinski definition) is 3. The zero-order valence-corrected chi connectivity index (χ0v) is 11.8. The first-order valence-corrected chi connectivity index (χ1v) is 6.45. The van der Waals surface area contributed by atoms with E-state index in [1.54, 1.807) is 24.6 Å². The minimum atomic E-state index is -1.05. The molecule has 0 unspecified atom stereocenters. The van der Waals surface area contributed by atoms with Crippen LogP contribution < -0.4 is 0 Å². The third kappa shape index (κ3) is 2.20. The SMILES string of the molecule is CCCc1nc2cc(C)cnc2n1C(C)(C)C(=O)O. The smallest absolute Gasteiger partial charge is 0.329 e. The lowest BCUT2D eigenvalue weighted by Crippen LogP contribution is -2.37. The fraction of sp³-hybridized carbons (Fsp3) is 0.500. The monoisotopic (exact) mass is 261 g/mol. The first-order valence-electron chi connectivity index (χ1n) is 6.45. The van der Waals surface area contributed by atoms with Crippen LogP contribution in [0.1, 0.15) is 38.6 Å². The van der Waals surface area contributed by atoms with Crippen LogP contribution in [0, 0.1) is 6.92 Å². The number of carboxylic acid groups (broad SMARTS) is 1. The summed E-state index contributed by atoms with van der Waals surface area (Å²) >= 11 is 0. The molecule has 102 valence electrons. The molecule has 19 heavy (non-hydrogen) atoms. The van der Waals surface area contributed by atoms with Crippen molar-refractivity contribution in [2.45, 2.75) is 46.1 Å². The summed E-state index contributed by atoms with van der Waals surface area (Å²) in [5.41, 5.74) is 1.37. The van der Waals surface area contributed by atoms with Crippen molar-refractivity contribution in [3.05, 3.63) is 23.7 Å². The highest BCUT2D eigenvalue weighted by molar-refractivity contribution is 5.80. The zero-order chi connectivity index (χ0) is 14.2. The molecule has 0 aliphatic heterocycles. The van der Waals surface area contributed by atoms with Gasteiger partial charge >= 0.3 is 5.97 Å². The third-order valence-electron chi connectivity index (χ3n) is 3.26. The molecule has 2 rings (SSSR count). The van der Waals surface area contributed by atoms with E-state index in [4.69, 9.17) is 0 Å². The topological polar surface area (TPSA) is 68.0 Å². The maximum Gasteiger partial charge on any atom is 0.329 e. The van der Waals surface area contributed by atoms with Crippen molar-refractivity contribution in [2.75, 3.05) is 0 Å². The molecule has 0 atom stereocenters. The van der Waals surface area contributed by atoms with Crippen LogP contribution in [0.3, 0.4) is 0 Å². The van der Waals surface area contributed by atoms with Crippen LogP contribution in [0.4, 0.5) is 0 Å². The van der Waals surface area contributed by atoms with Crippen LogP contribution in [0.2, 0.25) is 0 Å². The first kappa shape index (κ1) is 13.5. The lowest BCUT2D eigenvalue weighted by molar-refractivity contribution is -0.145. The summed E-state index contributed by atoms with van der Waals surface area (Å²) in [6, 6.07) is 1.94. The van der Waals surface area contributed by atoms with E-state index in [1.807, 2.05) is 13.0 Å². The molecule has 2 aromatic heterocycles. The Hall–Kier alpha value is -1.91. The molecule has 0 aliphatic rings. The number of aromatic nitrogens is 3. The Kier molecular flexibility index (Phi) is 3.30. The summed E-state index contributed by atoms with van der Waals surface area (Å²) in [4.78, 5) is 20.4. The van der Waals surface area contributed by atoms with Gasteiger partial charge in [-0.3, -0.25) is 4.57 Å². The number of aliphatic carboxylic acids is 1. The Morgan fingerprint density at radius 2 is 2.16 bits per heavy atom. The second-order valence-corrected chi connectivity index (χ2v) is 5.33. The van der Waals surface area contributed by atoms with E-state index in [0.717, 1.165) is 29.7 Å². The minimum Gasteiger partial charge on any atom is -0.480 e. The average Bonchev–Trinajstić information content (AvgIpc) is 2.66. The second kappa shape index (κ2) is 4.64. The summed E-state index contributed by atoms with van der Waals surface area (Å²) in [6.45, 7) is 7.36. The van der Waals surface area contributed by atoms with Crippen molar-refractivity contribution in [1.82, 2.24) is 14.5 Å². The number of aryl methyl sites for hydroxylation is 2. The van der Waals surface area contributed by atoms with Crippen molar-refractivity contribution >= 4 is 17.1 Å². The van der Waals surface area contributed by atoms with E-state index in [2.05, 4.69) is 16.9 Å². The largest absolute Gasteiger partial charge is 0.480 e. The van der Waals surface area contributed by atoms with Gasteiger partial charge in [-0.25, -0.2) is 14.8 Å². The van der Waals surface area contributed by atoms with Crippen molar-refractivity contribution in [1.29, 1.82) is 0 Å². The molecule has 0 aliphatic carbocycles. The van der Waals surface area contributed by atoms with Gasteiger partial charge in [0.05, 0.1) is 0 Å². The van der Waals surface area contributed by atoms with Crippen LogP contribution in [0.25, 0.3) is 11.2 Å². The molecule has 5 nitrogen and oxygen atoms in total. The molecule has 0 radical (unpaired) electrons. The molecule has 0 saturated heterocycles. The van der Waals surface area contributed by atoms with Gasteiger partial charge in [-0.05, 0) is 38.8 Å². The van der Waals surface area contributed by atoms with Crippen molar-refractivity contribution in [3.8, 4) is 0 Å². The van der Waals surface area contributed by atoms with Gasteiger partial charge in [0.2, 0.25) is 0 Å². The van der Waals surface area contributed by atoms with Crippen LogP contribution >= 0.6 is 0 Å². The molecule has 0 saturated carbocycles. The number of carboxylic acids is 1. The van der Waals surface area contributed by atoms with E-state index >= 15 is 0 Å². The summed E-state index contributed by atoms with van der Waals surface area (Å²) < 4.78 is 1.74. The first-order chi connectivity index (χ1) is 8.87. The number of hydrogen-bond donors (Lipinski definition) is 1. The Morgan fingerprint density at radius 3 is 2.74 bits per heavy atom. The van der Waals surface area contributed by atoms with Crippen LogP contribution in [-0.2, 0) is 16.8 Å². The maximum atomic E-state index is 11.5. The fourth-order valence-corrected chi connectivity index (χ4v) is 2.19. The highest BCUT2D eigenvalue weighted by Crippen LogP contribution is 2.25. The predicted octanol–water partition coefficient (Wildman–Crippen LogP) is 2.51. The summed E-state index contributed by atoms with van der Waals surface area (Å²) in [5.74, 6) is -0.102. The van der Waals surface area contributed by atoms with E-state index < -0.39 is 11.5 Å². The number of fused-ring (bicyclic) bond motifs is 1. The van der Waals surface area contributed by atoms with E-state index in [1.165, 1.54) is 0 Å². The highest BCUT2D eigenvalue weighted by Gasteiger charge is 2.33. The summed E-state index contributed by atoms with van der Waals surface area (Å²) in [6.07, 6.45) is 3.40. The number of pyridine rings is 1. The number of carbonyl (C=O) groups is 1.